The minimum Gasteiger partial charge on any atom is -0.444 e. The molecule has 2 aromatic rings. The molecule has 2 rings (SSSR count). The molecule has 0 unspecified atom stereocenters. The smallest absolute Gasteiger partial charge is 0.411 e. The fraction of sp³-hybridized carbons (Fsp3) is 0.538. The van der Waals surface area contributed by atoms with Crippen LogP contribution >= 0.6 is 0 Å². The maximum absolute atomic E-state index is 14.1. The van der Waals surface area contributed by atoms with E-state index in [0.29, 0.717) is 5.69 Å². The first-order chi connectivity index (χ1) is 22.6. The Labute approximate surface area is 289 Å². The molecule has 0 aliphatic carbocycles. The number of allylic oxidation sites excluding steroid dienone is 1. The zero-order valence-corrected chi connectivity index (χ0v) is 31.0. The van der Waals surface area contributed by atoms with Crippen LogP contribution < -0.4 is 16.0 Å². The number of hydrogen-bond donors (Lipinski definition) is 3. The number of ether oxygens (including phenoxy) is 1. The van der Waals surface area contributed by atoms with E-state index in [0.717, 1.165) is 36.2 Å². The Hall–Kier alpha value is -4.14. The quantitative estimate of drug-likeness (QED) is 0.0965. The van der Waals surface area contributed by atoms with Gasteiger partial charge in [-0.05, 0) is 60.1 Å². The number of carbonyl (C=O) groups is 3. The van der Waals surface area contributed by atoms with Crippen LogP contribution in [0.5, 0.6) is 0 Å². The molecule has 0 bridgehead atoms. The van der Waals surface area contributed by atoms with Crippen molar-refractivity contribution in [2.24, 2.45) is 22.2 Å². The summed E-state index contributed by atoms with van der Waals surface area (Å²) in [5, 5.41) is 9.28. The molecular weight excluding hydrogens is 602 g/mol. The van der Waals surface area contributed by atoms with Gasteiger partial charge in [0.2, 0.25) is 11.8 Å². The summed E-state index contributed by atoms with van der Waals surface area (Å²) < 4.78 is 5.49. The van der Waals surface area contributed by atoms with Gasteiger partial charge in [0.15, 0.2) is 0 Å². The van der Waals surface area contributed by atoms with Crippen LogP contribution in [-0.4, -0.2) is 61.7 Å². The average molecular weight is 662 g/mol. The number of benzene rings is 2. The third kappa shape index (κ3) is 11.5. The molecule has 0 aliphatic rings. The van der Waals surface area contributed by atoms with E-state index >= 15 is 0 Å². The Morgan fingerprint density at radius 3 is 2.23 bits per heavy atom. The highest BCUT2D eigenvalue weighted by Gasteiger charge is 2.41. The molecule has 0 fully saturated rings. The molecule has 3 atom stereocenters. The van der Waals surface area contributed by atoms with Gasteiger partial charge < -0.3 is 20.3 Å². The van der Waals surface area contributed by atoms with E-state index in [2.05, 4.69) is 41.7 Å². The van der Waals surface area contributed by atoms with Crippen molar-refractivity contribution in [3.05, 3.63) is 71.8 Å². The number of hydrogen-bond acceptors (Lipinski definition) is 6. The lowest BCUT2D eigenvalue weighted by Gasteiger charge is -2.39. The maximum atomic E-state index is 14.1. The van der Waals surface area contributed by atoms with Crippen molar-refractivity contribution < 1.29 is 19.1 Å². The lowest BCUT2D eigenvalue weighted by molar-refractivity contribution is -0.140. The number of anilines is 2. The van der Waals surface area contributed by atoms with E-state index in [1.165, 1.54) is 0 Å². The zero-order valence-electron chi connectivity index (χ0n) is 31.0. The fourth-order valence-electron chi connectivity index (χ4n) is 5.57. The first-order valence-corrected chi connectivity index (χ1v) is 17.1. The van der Waals surface area contributed by atoms with Crippen molar-refractivity contribution in [3.8, 4) is 0 Å². The second kappa shape index (κ2) is 18.4. The van der Waals surface area contributed by atoms with Crippen molar-refractivity contribution >= 4 is 35.5 Å². The van der Waals surface area contributed by atoms with Crippen LogP contribution in [0.2, 0.25) is 0 Å². The first-order valence-electron chi connectivity index (χ1n) is 17.1. The molecule has 0 radical (unpaired) electrons. The summed E-state index contributed by atoms with van der Waals surface area (Å²) in [6, 6.07) is 14.3. The molecule has 48 heavy (non-hydrogen) atoms. The Morgan fingerprint density at radius 1 is 1.00 bits per heavy atom. The van der Waals surface area contributed by atoms with E-state index in [1.807, 2.05) is 96.2 Å². The lowest BCUT2D eigenvalue weighted by atomic mass is 9.72. The second-order valence-electron chi connectivity index (χ2n) is 14.4. The molecule has 9 nitrogen and oxygen atoms in total. The van der Waals surface area contributed by atoms with Crippen molar-refractivity contribution in [1.82, 2.24) is 10.2 Å². The number of rotatable bonds is 16. The van der Waals surface area contributed by atoms with Crippen LogP contribution in [0.4, 0.5) is 16.2 Å². The number of carbonyl (C=O) groups excluding carboxylic acids is 3. The van der Waals surface area contributed by atoms with Gasteiger partial charge in [-0.25, -0.2) is 4.79 Å². The number of nitrogens with zero attached hydrogens (tertiary/aromatic N) is 2. The third-order valence-corrected chi connectivity index (χ3v) is 8.66. The van der Waals surface area contributed by atoms with Crippen LogP contribution in [0.15, 0.2) is 65.7 Å². The van der Waals surface area contributed by atoms with Crippen LogP contribution in [0.25, 0.3) is 0 Å². The number of unbranched alkanes of at least 4 members (excludes halogenated alkanes) is 1. The molecule has 0 spiro atoms. The first kappa shape index (κ1) is 40.0. The van der Waals surface area contributed by atoms with Crippen LogP contribution in [-0.2, 0) is 26.3 Å². The largest absolute Gasteiger partial charge is 0.444 e. The van der Waals surface area contributed by atoms with Gasteiger partial charge in [-0.1, -0.05) is 98.2 Å². The molecule has 9 heteroatoms. The highest BCUT2D eigenvalue weighted by atomic mass is 16.5. The summed E-state index contributed by atoms with van der Waals surface area (Å²) in [7, 11) is 3.42. The summed E-state index contributed by atoms with van der Waals surface area (Å²) in [6.45, 7) is 19.1. The predicted molar refractivity (Wildman–Crippen MR) is 199 cm³/mol. The number of nitrogens with one attached hydrogen (secondary N) is 3. The van der Waals surface area contributed by atoms with Gasteiger partial charge in [0.05, 0.1) is 12.0 Å². The summed E-state index contributed by atoms with van der Waals surface area (Å²) in [4.78, 5) is 46.6. The standard InChI is InChI=1S/C39H59N5O4/c1-12-14-23-41-30-21-19-28(20-22-30)26-48-37(47)42-31-18-15-17-29(24-31)39(8,9)32(25-40-10)35(45)43-34(38(5,6)7)36(46)44(11)33(16-13-2)27(3)4/h13,15-22,24-25,27,32-34,41H,12,14,23,26H2,1-11H3,(H,42,47)(H,43,45)/b16-13-,40-25?/t32-,33+,34+/m0/s1. The van der Waals surface area contributed by atoms with Gasteiger partial charge in [0.1, 0.15) is 12.6 Å². The van der Waals surface area contributed by atoms with Gasteiger partial charge in [-0.2, -0.15) is 0 Å². The zero-order chi connectivity index (χ0) is 36.1. The van der Waals surface area contributed by atoms with Crippen LogP contribution in [0.1, 0.15) is 86.3 Å². The molecule has 2 aromatic carbocycles. The monoisotopic (exact) mass is 661 g/mol. The fourth-order valence-corrected chi connectivity index (χ4v) is 5.57. The van der Waals surface area contributed by atoms with E-state index in [-0.39, 0.29) is 30.4 Å². The minimum absolute atomic E-state index is 0.103. The van der Waals surface area contributed by atoms with Gasteiger partial charge in [-0.3, -0.25) is 19.9 Å². The van der Waals surface area contributed by atoms with Gasteiger partial charge in [0, 0.05) is 43.6 Å². The normalized spacial score (nSPS) is 14.1. The third-order valence-electron chi connectivity index (χ3n) is 8.66. The minimum atomic E-state index is -0.763. The second-order valence-corrected chi connectivity index (χ2v) is 14.4. The number of aliphatic imine (C=N–C) groups is 1. The molecule has 0 saturated heterocycles. The van der Waals surface area contributed by atoms with Crippen LogP contribution in [0, 0.1) is 17.3 Å². The Bertz CT molecular complexity index is 1390. The Balaban J connectivity index is 2.20. The van der Waals surface area contributed by atoms with Gasteiger partial charge in [-0.15, -0.1) is 0 Å². The van der Waals surface area contributed by atoms with E-state index in [4.69, 9.17) is 4.74 Å². The van der Waals surface area contributed by atoms with Crippen molar-refractivity contribution in [3.63, 3.8) is 0 Å². The van der Waals surface area contributed by atoms with Gasteiger partial charge in [0.25, 0.3) is 0 Å². The van der Waals surface area contributed by atoms with Crippen molar-refractivity contribution in [2.75, 3.05) is 31.3 Å². The number of likely N-dealkylation sites (N-methyl/N-ethyl adjacent to an activating group) is 1. The molecule has 0 heterocycles. The highest BCUT2D eigenvalue weighted by molar-refractivity contribution is 5.98. The molecule has 3 amide bonds. The number of amides is 3. The topological polar surface area (TPSA) is 112 Å². The Morgan fingerprint density at radius 2 is 1.67 bits per heavy atom. The summed E-state index contributed by atoms with van der Waals surface area (Å²) in [5.41, 5.74) is 1.98. The van der Waals surface area contributed by atoms with Crippen molar-refractivity contribution in [1.29, 1.82) is 0 Å². The molecule has 0 aliphatic heterocycles. The summed E-state index contributed by atoms with van der Waals surface area (Å²) in [6.07, 6.45) is 7.25. The van der Waals surface area contributed by atoms with E-state index in [9.17, 15) is 14.4 Å². The van der Waals surface area contributed by atoms with E-state index < -0.39 is 28.9 Å². The van der Waals surface area contributed by atoms with E-state index in [1.54, 1.807) is 31.3 Å². The maximum Gasteiger partial charge on any atom is 0.411 e. The summed E-state index contributed by atoms with van der Waals surface area (Å²) >= 11 is 0. The van der Waals surface area contributed by atoms with Gasteiger partial charge >= 0.3 is 6.09 Å². The van der Waals surface area contributed by atoms with Crippen molar-refractivity contribution in [2.45, 2.75) is 99.3 Å². The predicted octanol–water partition coefficient (Wildman–Crippen LogP) is 7.83. The molecular formula is C39H59N5O4. The molecule has 0 aromatic heterocycles. The molecule has 3 N–H and O–H groups in total. The highest BCUT2D eigenvalue weighted by Crippen LogP contribution is 2.34. The Kier molecular flexibility index (Phi) is 15.4. The SMILES string of the molecule is C/C=C\[C@H](C(C)C)N(C)C(=O)[C@@H](NC(=O)[C@H](C=NC)C(C)(C)c1cccc(NC(=O)OCc2ccc(NCCCC)cc2)c1)C(C)(C)C. The van der Waals surface area contributed by atoms with Crippen LogP contribution in [0.3, 0.4) is 0 Å². The lowest BCUT2D eigenvalue weighted by Crippen LogP contribution is -2.58. The molecule has 0 saturated carbocycles. The average Bonchev–Trinajstić information content (AvgIpc) is 3.03. The summed E-state index contributed by atoms with van der Waals surface area (Å²) in [5.74, 6) is -0.957. The molecule has 264 valence electrons.